The lowest BCUT2D eigenvalue weighted by molar-refractivity contribution is -0.129. The molecule has 22 heavy (non-hydrogen) atoms. The van der Waals surface area contributed by atoms with E-state index in [9.17, 15) is 13.6 Å². The number of hydrogen-bond acceptors (Lipinski definition) is 3. The monoisotopic (exact) mass is 324 g/mol. The molecule has 0 fully saturated rings. The maximum absolute atomic E-state index is 13.1. The van der Waals surface area contributed by atoms with Gasteiger partial charge in [-0.05, 0) is 31.0 Å². The smallest absolute Gasteiger partial charge is 0.222 e. The van der Waals surface area contributed by atoms with E-state index in [4.69, 9.17) is 0 Å². The lowest BCUT2D eigenvalue weighted by atomic mass is 10.1. The van der Waals surface area contributed by atoms with E-state index in [2.05, 4.69) is 4.98 Å². The number of nitrogens with zero attached hydrogens (tertiary/aromatic N) is 2. The number of amides is 1. The van der Waals surface area contributed by atoms with Crippen molar-refractivity contribution in [1.82, 2.24) is 9.88 Å². The lowest BCUT2D eigenvalue weighted by Crippen LogP contribution is -2.29. The summed E-state index contributed by atoms with van der Waals surface area (Å²) < 4.78 is 25.9. The van der Waals surface area contributed by atoms with Gasteiger partial charge < -0.3 is 4.90 Å². The molecule has 1 aromatic carbocycles. The average molecular weight is 324 g/mol. The van der Waals surface area contributed by atoms with Gasteiger partial charge in [0.2, 0.25) is 5.91 Å². The van der Waals surface area contributed by atoms with Crippen LogP contribution in [0.1, 0.15) is 22.6 Å². The molecule has 0 saturated heterocycles. The molecule has 0 bridgehead atoms. The van der Waals surface area contributed by atoms with Crippen LogP contribution < -0.4 is 0 Å². The van der Waals surface area contributed by atoms with Gasteiger partial charge in [-0.3, -0.25) is 4.79 Å². The summed E-state index contributed by atoms with van der Waals surface area (Å²) in [4.78, 5) is 19.1. The molecule has 0 unspecified atom stereocenters. The third kappa shape index (κ3) is 4.34. The van der Waals surface area contributed by atoms with Gasteiger partial charge in [-0.15, -0.1) is 11.3 Å². The predicted molar refractivity (Wildman–Crippen MR) is 82.9 cm³/mol. The van der Waals surface area contributed by atoms with E-state index in [1.54, 1.807) is 28.8 Å². The zero-order valence-electron chi connectivity index (χ0n) is 12.6. The third-order valence-electron chi connectivity index (χ3n) is 3.56. The zero-order valence-corrected chi connectivity index (χ0v) is 13.4. The Balaban J connectivity index is 1.81. The van der Waals surface area contributed by atoms with E-state index in [1.165, 1.54) is 10.9 Å². The summed E-state index contributed by atoms with van der Waals surface area (Å²) in [5.41, 5.74) is 3.43. The molecule has 1 aromatic heterocycles. The van der Waals surface area contributed by atoms with Crippen molar-refractivity contribution in [3.05, 3.63) is 51.5 Å². The minimum Gasteiger partial charge on any atom is -0.345 e. The molecule has 0 aliphatic heterocycles. The number of rotatable bonds is 6. The van der Waals surface area contributed by atoms with Gasteiger partial charge in [0.05, 0.1) is 11.2 Å². The first kappa shape index (κ1) is 16.5. The normalized spacial score (nSPS) is 10.7. The van der Waals surface area contributed by atoms with E-state index in [-0.39, 0.29) is 12.3 Å². The van der Waals surface area contributed by atoms with Gasteiger partial charge in [0, 0.05) is 31.3 Å². The Kier molecular flexibility index (Phi) is 5.60. The van der Waals surface area contributed by atoms with Crippen molar-refractivity contribution >= 4 is 17.2 Å². The first-order valence-electron chi connectivity index (χ1n) is 7.04. The van der Waals surface area contributed by atoms with Crippen LogP contribution >= 0.6 is 11.3 Å². The van der Waals surface area contributed by atoms with Gasteiger partial charge in [0.1, 0.15) is 0 Å². The fourth-order valence-electron chi connectivity index (χ4n) is 2.10. The predicted octanol–water partition coefficient (Wildman–Crippen LogP) is 3.36. The zero-order chi connectivity index (χ0) is 16.1. The molecule has 0 aliphatic carbocycles. The van der Waals surface area contributed by atoms with Crippen molar-refractivity contribution in [2.75, 3.05) is 13.6 Å². The minimum absolute atomic E-state index is 0.00750. The molecule has 6 heteroatoms. The highest BCUT2D eigenvalue weighted by Gasteiger charge is 2.11. The van der Waals surface area contributed by atoms with E-state index in [0.29, 0.717) is 18.5 Å². The Morgan fingerprint density at radius 1 is 1.27 bits per heavy atom. The van der Waals surface area contributed by atoms with Gasteiger partial charge >= 0.3 is 0 Å². The highest BCUT2D eigenvalue weighted by Crippen LogP contribution is 2.14. The third-order valence-corrected chi connectivity index (χ3v) is 4.55. The molecule has 2 rings (SSSR count). The summed E-state index contributed by atoms with van der Waals surface area (Å²) in [6, 6.07) is 3.74. The van der Waals surface area contributed by atoms with Crippen LogP contribution in [-0.4, -0.2) is 29.4 Å². The van der Waals surface area contributed by atoms with Gasteiger partial charge in [-0.1, -0.05) is 6.07 Å². The van der Waals surface area contributed by atoms with Crippen LogP contribution in [0.3, 0.4) is 0 Å². The van der Waals surface area contributed by atoms with Gasteiger partial charge in [-0.2, -0.15) is 0 Å². The van der Waals surface area contributed by atoms with Crippen molar-refractivity contribution < 1.29 is 13.6 Å². The standard InChI is InChI=1S/C16H18F2N2OS/c1-11-15(22-10-19-11)7-8-20(2)16(21)6-4-12-3-5-13(17)14(18)9-12/h3,5,9-10H,4,6-8H2,1-2H3. The Bertz CT molecular complexity index is 657. The van der Waals surface area contributed by atoms with Crippen molar-refractivity contribution in [3.8, 4) is 0 Å². The van der Waals surface area contributed by atoms with Crippen LogP contribution in [-0.2, 0) is 17.6 Å². The van der Waals surface area contributed by atoms with Gasteiger partial charge in [0.15, 0.2) is 11.6 Å². The molecule has 1 heterocycles. The molecule has 1 amide bonds. The maximum Gasteiger partial charge on any atom is 0.222 e. The van der Waals surface area contributed by atoms with Crippen LogP contribution in [0.25, 0.3) is 0 Å². The topological polar surface area (TPSA) is 33.2 Å². The first-order chi connectivity index (χ1) is 10.5. The first-order valence-corrected chi connectivity index (χ1v) is 7.92. The van der Waals surface area contributed by atoms with Crippen LogP contribution in [0.4, 0.5) is 8.78 Å². The summed E-state index contributed by atoms with van der Waals surface area (Å²) in [5, 5.41) is 0. The number of likely N-dealkylation sites (N-methyl/N-ethyl adjacent to an activating group) is 1. The number of benzene rings is 1. The second-order valence-corrected chi connectivity index (χ2v) is 6.11. The summed E-state index contributed by atoms with van der Waals surface area (Å²) >= 11 is 1.59. The molecule has 0 saturated carbocycles. The highest BCUT2D eigenvalue weighted by molar-refractivity contribution is 7.09. The molecular weight excluding hydrogens is 306 g/mol. The Hall–Kier alpha value is -1.82. The molecule has 2 aromatic rings. The fourth-order valence-corrected chi connectivity index (χ4v) is 2.87. The quantitative estimate of drug-likeness (QED) is 0.816. The van der Waals surface area contributed by atoms with Crippen molar-refractivity contribution in [2.45, 2.75) is 26.2 Å². The fraction of sp³-hybridized carbons (Fsp3) is 0.375. The number of thiazole rings is 1. The Morgan fingerprint density at radius 2 is 2.05 bits per heavy atom. The SMILES string of the molecule is Cc1ncsc1CCN(C)C(=O)CCc1ccc(F)c(F)c1. The largest absolute Gasteiger partial charge is 0.345 e. The highest BCUT2D eigenvalue weighted by atomic mass is 32.1. The second kappa shape index (κ2) is 7.45. The number of aryl methyl sites for hydroxylation is 2. The van der Waals surface area contributed by atoms with Crippen molar-refractivity contribution in [1.29, 1.82) is 0 Å². The number of carbonyl (C=O) groups is 1. The summed E-state index contributed by atoms with van der Waals surface area (Å²) in [6.07, 6.45) is 1.47. The molecule has 0 atom stereocenters. The Labute approximate surface area is 132 Å². The number of aromatic nitrogens is 1. The molecule has 0 N–H and O–H groups in total. The molecular formula is C16H18F2N2OS. The van der Waals surface area contributed by atoms with Crippen LogP contribution in [0.2, 0.25) is 0 Å². The number of hydrogen-bond donors (Lipinski definition) is 0. The molecule has 0 aliphatic rings. The van der Waals surface area contributed by atoms with Gasteiger partial charge in [0.25, 0.3) is 0 Å². The van der Waals surface area contributed by atoms with Gasteiger partial charge in [-0.25, -0.2) is 13.8 Å². The minimum atomic E-state index is -0.876. The number of carbonyl (C=O) groups excluding carboxylic acids is 1. The van der Waals surface area contributed by atoms with E-state index in [0.717, 1.165) is 24.2 Å². The van der Waals surface area contributed by atoms with Crippen LogP contribution in [0, 0.1) is 18.6 Å². The van der Waals surface area contributed by atoms with E-state index < -0.39 is 11.6 Å². The summed E-state index contributed by atoms with van der Waals surface area (Å²) in [6.45, 7) is 2.58. The van der Waals surface area contributed by atoms with Crippen molar-refractivity contribution in [3.63, 3.8) is 0 Å². The molecule has 118 valence electrons. The molecule has 3 nitrogen and oxygen atoms in total. The van der Waals surface area contributed by atoms with Crippen LogP contribution in [0.5, 0.6) is 0 Å². The average Bonchev–Trinajstić information content (AvgIpc) is 2.91. The van der Waals surface area contributed by atoms with Crippen LogP contribution in [0.15, 0.2) is 23.7 Å². The van der Waals surface area contributed by atoms with E-state index >= 15 is 0 Å². The molecule has 0 spiro atoms. The summed E-state index contributed by atoms with van der Waals surface area (Å²) in [7, 11) is 1.75. The second-order valence-electron chi connectivity index (χ2n) is 5.17. The van der Waals surface area contributed by atoms with E-state index in [1.807, 2.05) is 6.92 Å². The van der Waals surface area contributed by atoms with Crippen molar-refractivity contribution in [2.24, 2.45) is 0 Å². The maximum atomic E-state index is 13.1. The molecule has 0 radical (unpaired) electrons. The summed E-state index contributed by atoms with van der Waals surface area (Å²) in [5.74, 6) is -1.75. The number of halogens is 2. The Morgan fingerprint density at radius 3 is 2.68 bits per heavy atom. The lowest BCUT2D eigenvalue weighted by Gasteiger charge is -2.16.